The van der Waals surface area contributed by atoms with Crippen molar-refractivity contribution in [2.45, 2.75) is 19.1 Å². The van der Waals surface area contributed by atoms with Crippen LogP contribution in [0.3, 0.4) is 0 Å². The summed E-state index contributed by atoms with van der Waals surface area (Å²) in [6.45, 7) is 0.720. The molecule has 6 heteroatoms. The van der Waals surface area contributed by atoms with E-state index in [2.05, 4.69) is 5.32 Å². The molecule has 1 heterocycles. The Morgan fingerprint density at radius 3 is 2.56 bits per heavy atom. The summed E-state index contributed by atoms with van der Waals surface area (Å²) < 4.78 is 18.3. The summed E-state index contributed by atoms with van der Waals surface area (Å²) in [6, 6.07) is 14.7. The second kappa shape index (κ2) is 7.90. The van der Waals surface area contributed by atoms with Gasteiger partial charge in [0.15, 0.2) is 0 Å². The van der Waals surface area contributed by atoms with Crippen LogP contribution in [0, 0.1) is 5.82 Å². The van der Waals surface area contributed by atoms with Crippen molar-refractivity contribution in [1.82, 2.24) is 10.2 Å². The minimum Gasteiger partial charge on any atom is -0.369 e. The molecule has 2 aromatic carbocycles. The topological polar surface area (TPSA) is 58.6 Å². The van der Waals surface area contributed by atoms with E-state index in [1.165, 1.54) is 17.0 Å². The van der Waals surface area contributed by atoms with Gasteiger partial charge in [0.2, 0.25) is 11.8 Å². The van der Waals surface area contributed by atoms with Crippen molar-refractivity contribution < 1.29 is 18.7 Å². The summed E-state index contributed by atoms with van der Waals surface area (Å²) in [5, 5.41) is 2.84. The highest BCUT2D eigenvalue weighted by atomic mass is 19.1. The molecule has 1 aliphatic rings. The molecule has 5 nitrogen and oxygen atoms in total. The van der Waals surface area contributed by atoms with Crippen molar-refractivity contribution in [2.75, 3.05) is 13.2 Å². The molecule has 3 rings (SSSR count). The lowest BCUT2D eigenvalue weighted by molar-refractivity contribution is -0.155. The molecule has 25 heavy (non-hydrogen) atoms. The van der Waals surface area contributed by atoms with Crippen LogP contribution in [0.1, 0.15) is 11.1 Å². The summed E-state index contributed by atoms with van der Waals surface area (Å²) in [5.41, 5.74) is 1.74. The third-order valence-corrected chi connectivity index (χ3v) is 4.08. The van der Waals surface area contributed by atoms with Crippen LogP contribution in [0.15, 0.2) is 54.6 Å². The number of halogens is 1. The maximum atomic E-state index is 13.0. The van der Waals surface area contributed by atoms with Crippen molar-refractivity contribution in [1.29, 1.82) is 0 Å². The Labute approximate surface area is 145 Å². The molecule has 0 radical (unpaired) electrons. The van der Waals surface area contributed by atoms with Gasteiger partial charge in [-0.25, -0.2) is 4.39 Å². The SMILES string of the molecule is O=C(NCc1ccccc1)C1COCC(=O)N1Cc1ccc(F)cc1. The van der Waals surface area contributed by atoms with E-state index >= 15 is 0 Å². The van der Waals surface area contributed by atoms with Gasteiger partial charge in [-0.15, -0.1) is 0 Å². The highest BCUT2D eigenvalue weighted by Crippen LogP contribution is 2.14. The number of ether oxygens (including phenoxy) is 1. The largest absolute Gasteiger partial charge is 0.369 e. The van der Waals surface area contributed by atoms with E-state index in [0.717, 1.165) is 11.1 Å². The van der Waals surface area contributed by atoms with Gasteiger partial charge in [-0.05, 0) is 23.3 Å². The number of morpholine rings is 1. The molecular weight excluding hydrogens is 323 g/mol. The lowest BCUT2D eigenvalue weighted by Gasteiger charge is -2.34. The van der Waals surface area contributed by atoms with Gasteiger partial charge in [0.05, 0.1) is 6.61 Å². The number of benzene rings is 2. The summed E-state index contributed by atoms with van der Waals surface area (Å²) in [5.74, 6) is -0.858. The first-order chi connectivity index (χ1) is 12.1. The quantitative estimate of drug-likeness (QED) is 0.902. The number of hydrogen-bond donors (Lipinski definition) is 1. The van der Waals surface area contributed by atoms with E-state index in [4.69, 9.17) is 4.74 Å². The molecule has 1 aliphatic heterocycles. The molecule has 0 aliphatic carbocycles. The van der Waals surface area contributed by atoms with Crippen LogP contribution in [0.5, 0.6) is 0 Å². The molecule has 1 atom stereocenters. The Kier molecular flexibility index (Phi) is 5.40. The van der Waals surface area contributed by atoms with Gasteiger partial charge < -0.3 is 15.0 Å². The zero-order valence-corrected chi connectivity index (χ0v) is 13.7. The summed E-state index contributed by atoms with van der Waals surface area (Å²) >= 11 is 0. The Bertz CT molecular complexity index is 734. The standard InChI is InChI=1S/C19H19FN2O3/c20-16-8-6-15(7-9-16)11-22-17(12-25-13-18(22)23)19(24)21-10-14-4-2-1-3-5-14/h1-9,17H,10-13H2,(H,21,24). The maximum absolute atomic E-state index is 13.0. The fourth-order valence-corrected chi connectivity index (χ4v) is 2.71. The molecule has 0 saturated carbocycles. The van der Waals surface area contributed by atoms with Gasteiger partial charge in [0, 0.05) is 13.1 Å². The van der Waals surface area contributed by atoms with Gasteiger partial charge in [-0.2, -0.15) is 0 Å². The molecular formula is C19H19FN2O3. The lowest BCUT2D eigenvalue weighted by atomic mass is 10.1. The summed E-state index contributed by atoms with van der Waals surface area (Å²) in [7, 11) is 0. The van der Waals surface area contributed by atoms with Crippen molar-refractivity contribution in [3.05, 3.63) is 71.5 Å². The van der Waals surface area contributed by atoms with Crippen LogP contribution in [-0.4, -0.2) is 36.0 Å². The molecule has 0 bridgehead atoms. The molecule has 130 valence electrons. The van der Waals surface area contributed by atoms with Crippen molar-refractivity contribution >= 4 is 11.8 Å². The average molecular weight is 342 g/mol. The zero-order valence-electron chi connectivity index (χ0n) is 13.7. The molecule has 2 amide bonds. The molecule has 1 unspecified atom stereocenters. The molecule has 0 aromatic heterocycles. The van der Waals surface area contributed by atoms with Gasteiger partial charge >= 0.3 is 0 Å². The van der Waals surface area contributed by atoms with Crippen molar-refractivity contribution in [3.63, 3.8) is 0 Å². The van der Waals surface area contributed by atoms with Gasteiger partial charge in [-0.1, -0.05) is 42.5 Å². The van der Waals surface area contributed by atoms with Crippen LogP contribution < -0.4 is 5.32 Å². The maximum Gasteiger partial charge on any atom is 0.249 e. The number of nitrogens with zero attached hydrogens (tertiary/aromatic N) is 1. The molecule has 0 spiro atoms. The minimum absolute atomic E-state index is 0.0519. The van der Waals surface area contributed by atoms with Crippen LogP contribution in [-0.2, 0) is 27.4 Å². The van der Waals surface area contributed by atoms with Crippen molar-refractivity contribution in [3.8, 4) is 0 Å². The molecule has 1 N–H and O–H groups in total. The van der Waals surface area contributed by atoms with Crippen LogP contribution >= 0.6 is 0 Å². The number of amides is 2. The number of carbonyl (C=O) groups is 2. The number of rotatable bonds is 5. The first-order valence-corrected chi connectivity index (χ1v) is 8.07. The van der Waals surface area contributed by atoms with Crippen LogP contribution in [0.25, 0.3) is 0 Å². The first-order valence-electron chi connectivity index (χ1n) is 8.07. The second-order valence-corrected chi connectivity index (χ2v) is 5.88. The molecule has 1 saturated heterocycles. The van der Waals surface area contributed by atoms with Gasteiger partial charge in [0.1, 0.15) is 18.5 Å². The van der Waals surface area contributed by atoms with E-state index in [9.17, 15) is 14.0 Å². The molecule has 2 aromatic rings. The predicted octanol–water partition coefficient (Wildman–Crippen LogP) is 1.87. The first kappa shape index (κ1) is 17.1. The summed E-state index contributed by atoms with van der Waals surface area (Å²) in [6.07, 6.45) is 0. The lowest BCUT2D eigenvalue weighted by Crippen LogP contribution is -2.55. The second-order valence-electron chi connectivity index (χ2n) is 5.88. The van der Waals surface area contributed by atoms with E-state index in [1.54, 1.807) is 12.1 Å². The number of hydrogen-bond acceptors (Lipinski definition) is 3. The van der Waals surface area contributed by atoms with Gasteiger partial charge in [-0.3, -0.25) is 9.59 Å². The Morgan fingerprint density at radius 2 is 1.84 bits per heavy atom. The highest BCUT2D eigenvalue weighted by molar-refractivity contribution is 5.89. The van der Waals surface area contributed by atoms with E-state index < -0.39 is 6.04 Å². The number of nitrogens with one attached hydrogen (secondary N) is 1. The zero-order chi connectivity index (χ0) is 17.6. The average Bonchev–Trinajstić information content (AvgIpc) is 2.64. The minimum atomic E-state index is -0.699. The third-order valence-electron chi connectivity index (χ3n) is 4.08. The van der Waals surface area contributed by atoms with E-state index in [-0.39, 0.29) is 37.4 Å². The van der Waals surface area contributed by atoms with Crippen molar-refractivity contribution in [2.24, 2.45) is 0 Å². The predicted molar refractivity (Wildman–Crippen MR) is 89.8 cm³/mol. The van der Waals surface area contributed by atoms with E-state index in [1.807, 2.05) is 30.3 Å². The monoisotopic (exact) mass is 342 g/mol. The van der Waals surface area contributed by atoms with Gasteiger partial charge in [0.25, 0.3) is 0 Å². The molecule has 1 fully saturated rings. The fraction of sp³-hybridized carbons (Fsp3) is 0.263. The summed E-state index contributed by atoms with van der Waals surface area (Å²) in [4.78, 5) is 26.2. The van der Waals surface area contributed by atoms with E-state index in [0.29, 0.717) is 6.54 Å². The number of carbonyl (C=O) groups excluding carboxylic acids is 2. The Morgan fingerprint density at radius 1 is 1.12 bits per heavy atom. The Balaban J connectivity index is 1.67. The fourth-order valence-electron chi connectivity index (χ4n) is 2.71. The van der Waals surface area contributed by atoms with Crippen LogP contribution in [0.2, 0.25) is 0 Å². The van der Waals surface area contributed by atoms with Crippen LogP contribution in [0.4, 0.5) is 4.39 Å². The Hall–Kier alpha value is -2.73. The third kappa shape index (κ3) is 4.42. The normalized spacial score (nSPS) is 17.4. The highest BCUT2D eigenvalue weighted by Gasteiger charge is 2.33. The smallest absolute Gasteiger partial charge is 0.249 e.